The van der Waals surface area contributed by atoms with Gasteiger partial charge in [0.25, 0.3) is 5.56 Å². The predicted octanol–water partition coefficient (Wildman–Crippen LogP) is 3.31. The van der Waals surface area contributed by atoms with Gasteiger partial charge in [-0.2, -0.15) is 0 Å². The van der Waals surface area contributed by atoms with Gasteiger partial charge in [-0.05, 0) is 24.3 Å². The second-order valence-electron chi connectivity index (χ2n) is 4.68. The summed E-state index contributed by atoms with van der Waals surface area (Å²) in [5, 5.41) is 12.8. The summed E-state index contributed by atoms with van der Waals surface area (Å²) >= 11 is 1.36. The van der Waals surface area contributed by atoms with Crippen LogP contribution in [0.1, 0.15) is 0 Å². The SMILES string of the molecule is O=c1c2c(O)csc2c2cccnc2n1-c1ccccc1. The van der Waals surface area contributed by atoms with Crippen LogP contribution in [0.2, 0.25) is 0 Å². The Morgan fingerprint density at radius 2 is 1.90 bits per heavy atom. The quantitative estimate of drug-likeness (QED) is 0.586. The number of hydrogen-bond donors (Lipinski definition) is 1. The summed E-state index contributed by atoms with van der Waals surface area (Å²) in [6, 6.07) is 13.1. The Bertz CT molecular complexity index is 1020. The van der Waals surface area contributed by atoms with Crippen LogP contribution in [0.15, 0.2) is 58.8 Å². The largest absolute Gasteiger partial charge is 0.506 e. The molecule has 5 heteroatoms. The molecule has 3 heterocycles. The number of aromatic nitrogens is 2. The lowest BCUT2D eigenvalue weighted by Crippen LogP contribution is -2.19. The van der Waals surface area contributed by atoms with E-state index in [9.17, 15) is 9.90 Å². The van der Waals surface area contributed by atoms with E-state index in [1.165, 1.54) is 11.3 Å². The van der Waals surface area contributed by atoms with Gasteiger partial charge in [0.05, 0.1) is 10.4 Å². The Labute approximate surface area is 123 Å². The molecule has 0 atom stereocenters. The number of fused-ring (bicyclic) bond motifs is 3. The van der Waals surface area contributed by atoms with E-state index in [1.807, 2.05) is 42.5 Å². The van der Waals surface area contributed by atoms with Crippen molar-refractivity contribution in [3.63, 3.8) is 0 Å². The molecule has 3 aromatic heterocycles. The third-order valence-corrected chi connectivity index (χ3v) is 4.45. The van der Waals surface area contributed by atoms with Crippen LogP contribution in [0.4, 0.5) is 0 Å². The number of benzene rings is 1. The van der Waals surface area contributed by atoms with Crippen molar-refractivity contribution in [2.75, 3.05) is 0 Å². The highest BCUT2D eigenvalue weighted by Gasteiger charge is 2.16. The molecule has 4 aromatic rings. The monoisotopic (exact) mass is 294 g/mol. The van der Waals surface area contributed by atoms with Gasteiger partial charge in [-0.3, -0.25) is 9.36 Å². The van der Waals surface area contributed by atoms with Crippen molar-refractivity contribution in [2.45, 2.75) is 0 Å². The van der Waals surface area contributed by atoms with Gasteiger partial charge < -0.3 is 5.11 Å². The molecule has 0 amide bonds. The number of nitrogens with zero attached hydrogens (tertiary/aromatic N) is 2. The van der Waals surface area contributed by atoms with Gasteiger partial charge in [-0.15, -0.1) is 11.3 Å². The van der Waals surface area contributed by atoms with E-state index in [2.05, 4.69) is 4.98 Å². The van der Waals surface area contributed by atoms with E-state index in [-0.39, 0.29) is 11.3 Å². The molecular formula is C16H10N2O2S. The highest BCUT2D eigenvalue weighted by molar-refractivity contribution is 7.18. The van der Waals surface area contributed by atoms with E-state index in [1.54, 1.807) is 16.1 Å². The van der Waals surface area contributed by atoms with Crippen LogP contribution >= 0.6 is 11.3 Å². The smallest absolute Gasteiger partial charge is 0.269 e. The molecule has 0 fully saturated rings. The normalized spacial score (nSPS) is 11.2. The van der Waals surface area contributed by atoms with Crippen molar-refractivity contribution >= 4 is 32.5 Å². The summed E-state index contributed by atoms with van der Waals surface area (Å²) < 4.78 is 2.32. The average Bonchev–Trinajstić information content (AvgIpc) is 2.91. The summed E-state index contributed by atoms with van der Waals surface area (Å²) in [5.74, 6) is 0.0236. The topological polar surface area (TPSA) is 55.1 Å². The fraction of sp³-hybridized carbons (Fsp3) is 0. The second-order valence-corrected chi connectivity index (χ2v) is 5.56. The number of rotatable bonds is 1. The van der Waals surface area contributed by atoms with E-state index < -0.39 is 0 Å². The molecular weight excluding hydrogens is 284 g/mol. The number of thiophene rings is 1. The highest BCUT2D eigenvalue weighted by Crippen LogP contribution is 2.34. The molecule has 0 aliphatic heterocycles. The lowest BCUT2D eigenvalue weighted by atomic mass is 10.2. The van der Waals surface area contributed by atoms with E-state index in [0.717, 1.165) is 15.8 Å². The van der Waals surface area contributed by atoms with Gasteiger partial charge in [0.1, 0.15) is 16.8 Å². The first-order valence-electron chi connectivity index (χ1n) is 6.42. The maximum Gasteiger partial charge on any atom is 0.269 e. The first-order valence-corrected chi connectivity index (χ1v) is 7.30. The van der Waals surface area contributed by atoms with Gasteiger partial charge in [0.2, 0.25) is 0 Å². The summed E-state index contributed by atoms with van der Waals surface area (Å²) in [6.45, 7) is 0. The van der Waals surface area contributed by atoms with Crippen LogP contribution in [0.25, 0.3) is 26.8 Å². The third-order valence-electron chi connectivity index (χ3n) is 3.45. The van der Waals surface area contributed by atoms with Crippen LogP contribution in [-0.2, 0) is 0 Å². The average molecular weight is 294 g/mol. The molecule has 102 valence electrons. The molecule has 0 aliphatic rings. The minimum atomic E-state index is -0.249. The highest BCUT2D eigenvalue weighted by atomic mass is 32.1. The van der Waals surface area contributed by atoms with Crippen LogP contribution in [0.3, 0.4) is 0 Å². The number of pyridine rings is 2. The molecule has 0 saturated heterocycles. The van der Waals surface area contributed by atoms with Crippen molar-refractivity contribution in [1.82, 2.24) is 9.55 Å². The van der Waals surface area contributed by atoms with E-state index in [4.69, 9.17) is 0 Å². The van der Waals surface area contributed by atoms with Crippen molar-refractivity contribution in [3.8, 4) is 11.4 Å². The summed E-state index contributed by atoms with van der Waals surface area (Å²) in [5.41, 5.74) is 1.09. The number of aromatic hydroxyl groups is 1. The first kappa shape index (κ1) is 12.1. The molecule has 4 nitrogen and oxygen atoms in total. The third kappa shape index (κ3) is 1.68. The van der Waals surface area contributed by atoms with Crippen LogP contribution in [0, 0.1) is 0 Å². The van der Waals surface area contributed by atoms with Gasteiger partial charge in [-0.1, -0.05) is 18.2 Å². The van der Waals surface area contributed by atoms with Gasteiger partial charge >= 0.3 is 0 Å². The van der Waals surface area contributed by atoms with Crippen molar-refractivity contribution in [1.29, 1.82) is 0 Å². The standard InChI is InChI=1S/C16H10N2O2S/c19-12-9-21-14-11-7-4-8-17-15(11)18(16(20)13(12)14)10-5-2-1-3-6-10/h1-9,19H. The molecule has 0 unspecified atom stereocenters. The Kier molecular flexibility index (Phi) is 2.55. The molecule has 21 heavy (non-hydrogen) atoms. The Morgan fingerprint density at radius 1 is 1.10 bits per heavy atom. The van der Waals surface area contributed by atoms with Crippen LogP contribution in [-0.4, -0.2) is 14.7 Å². The van der Waals surface area contributed by atoms with Crippen LogP contribution in [0.5, 0.6) is 5.75 Å². The van der Waals surface area contributed by atoms with Crippen LogP contribution < -0.4 is 5.56 Å². The molecule has 4 rings (SSSR count). The molecule has 0 saturated carbocycles. The molecule has 0 radical (unpaired) electrons. The summed E-state index contributed by atoms with van der Waals surface area (Å²) in [4.78, 5) is 17.2. The molecule has 0 spiro atoms. The molecule has 0 aliphatic carbocycles. The minimum Gasteiger partial charge on any atom is -0.506 e. The summed E-state index contributed by atoms with van der Waals surface area (Å²) in [7, 11) is 0. The van der Waals surface area contributed by atoms with Crippen molar-refractivity contribution in [3.05, 3.63) is 64.4 Å². The Hall–Kier alpha value is -2.66. The van der Waals surface area contributed by atoms with Gasteiger partial charge in [0.15, 0.2) is 0 Å². The van der Waals surface area contributed by atoms with Crippen molar-refractivity contribution < 1.29 is 5.11 Å². The van der Waals surface area contributed by atoms with Gasteiger partial charge in [0, 0.05) is 17.0 Å². The lowest BCUT2D eigenvalue weighted by molar-refractivity contribution is 0.483. The molecule has 1 aromatic carbocycles. The van der Waals surface area contributed by atoms with Crippen molar-refractivity contribution in [2.24, 2.45) is 0 Å². The Balaban J connectivity index is 2.30. The zero-order valence-corrected chi connectivity index (χ0v) is 11.7. The predicted molar refractivity (Wildman–Crippen MR) is 84.4 cm³/mol. The van der Waals surface area contributed by atoms with Gasteiger partial charge in [-0.25, -0.2) is 4.98 Å². The second kappa shape index (κ2) is 4.43. The van der Waals surface area contributed by atoms with E-state index in [0.29, 0.717) is 11.0 Å². The summed E-state index contributed by atoms with van der Waals surface area (Å²) in [6.07, 6.45) is 1.67. The number of hydrogen-bond acceptors (Lipinski definition) is 4. The maximum atomic E-state index is 12.8. The lowest BCUT2D eigenvalue weighted by Gasteiger charge is -2.10. The zero-order chi connectivity index (χ0) is 14.4. The fourth-order valence-corrected chi connectivity index (χ4v) is 3.47. The zero-order valence-electron chi connectivity index (χ0n) is 10.9. The fourth-order valence-electron chi connectivity index (χ4n) is 2.53. The number of para-hydroxylation sites is 1. The minimum absolute atomic E-state index is 0.0236. The Morgan fingerprint density at radius 3 is 2.71 bits per heavy atom. The van der Waals surface area contributed by atoms with E-state index >= 15 is 0 Å². The first-order chi connectivity index (χ1) is 10.3. The molecule has 1 N–H and O–H groups in total. The maximum absolute atomic E-state index is 12.8. The molecule has 0 bridgehead atoms.